The number of nitrogens with two attached hydrogens (primary N) is 1. The zero-order valence-corrected chi connectivity index (χ0v) is 17.7. The molecule has 0 fully saturated rings. The predicted molar refractivity (Wildman–Crippen MR) is 124 cm³/mol. The molecule has 0 radical (unpaired) electrons. The maximum absolute atomic E-state index is 12.9. The van der Waals surface area contributed by atoms with Crippen molar-refractivity contribution >= 4 is 28.6 Å². The number of alkyl halides is 2. The maximum Gasteiger partial charge on any atom is 0.165 e. The van der Waals surface area contributed by atoms with Crippen LogP contribution in [0.3, 0.4) is 0 Å². The Balaban J connectivity index is 1.74. The van der Waals surface area contributed by atoms with Gasteiger partial charge in [0.25, 0.3) is 0 Å². The minimum Gasteiger partial charge on any atom is -0.383 e. The summed E-state index contributed by atoms with van der Waals surface area (Å²) in [6, 6.07) is 18.8. The van der Waals surface area contributed by atoms with E-state index in [1.54, 1.807) is 18.3 Å². The number of fused-ring (bicyclic) bond motifs is 1. The molecule has 4 heterocycles. The number of rotatable bonds is 5. The van der Waals surface area contributed by atoms with Gasteiger partial charge in [-0.3, -0.25) is 9.55 Å². The highest BCUT2D eigenvalue weighted by atomic mass is 35.5. The molecule has 5 aromatic rings. The summed E-state index contributed by atoms with van der Waals surface area (Å²) in [7, 11) is 0. The van der Waals surface area contributed by atoms with E-state index in [9.17, 15) is 4.39 Å². The van der Waals surface area contributed by atoms with Crippen LogP contribution in [0, 0.1) is 0 Å². The Morgan fingerprint density at radius 2 is 1.66 bits per heavy atom. The van der Waals surface area contributed by atoms with Crippen molar-refractivity contribution in [3.8, 4) is 28.5 Å². The number of hydrogen-bond donors (Lipinski definition) is 1. The molecule has 5 rings (SSSR count). The van der Waals surface area contributed by atoms with Crippen molar-refractivity contribution in [3.05, 3.63) is 84.2 Å². The highest BCUT2D eigenvalue weighted by molar-refractivity contribution is 6.17. The lowest BCUT2D eigenvalue weighted by atomic mass is 10.2. The van der Waals surface area contributed by atoms with E-state index >= 15 is 0 Å². The molecule has 8 heteroatoms. The summed E-state index contributed by atoms with van der Waals surface area (Å²) in [5, 5.41) is 0. The molecular formula is C24H18ClFN6. The Hall–Kier alpha value is -3.84. The quantitative estimate of drug-likeness (QED) is 0.370. The van der Waals surface area contributed by atoms with Crippen LogP contribution in [-0.2, 0) is 12.6 Å². The van der Waals surface area contributed by atoms with Crippen molar-refractivity contribution in [2.75, 3.05) is 5.73 Å². The molecule has 0 amide bonds. The van der Waals surface area contributed by atoms with E-state index < -0.39 is 6.67 Å². The number of nitrogens with zero attached hydrogens (tertiary/aromatic N) is 5. The molecule has 158 valence electrons. The Morgan fingerprint density at radius 1 is 0.875 bits per heavy atom. The number of hydrogen-bond acceptors (Lipinski definition) is 5. The highest BCUT2D eigenvalue weighted by Gasteiger charge is 2.18. The fraction of sp³-hybridized carbons (Fsp3) is 0.0833. The van der Waals surface area contributed by atoms with Crippen molar-refractivity contribution in [3.63, 3.8) is 0 Å². The first kappa shape index (κ1) is 20.1. The number of imidazole rings is 1. The van der Waals surface area contributed by atoms with Crippen LogP contribution in [0.4, 0.5) is 10.2 Å². The first-order valence-electron chi connectivity index (χ1n) is 9.95. The molecule has 0 unspecified atom stereocenters. The summed E-state index contributed by atoms with van der Waals surface area (Å²) < 4.78 is 14.8. The molecule has 0 atom stereocenters. The summed E-state index contributed by atoms with van der Waals surface area (Å²) >= 11 is 5.97. The Labute approximate surface area is 188 Å². The number of halogens is 2. The molecule has 0 bridgehead atoms. The van der Waals surface area contributed by atoms with Gasteiger partial charge in [0.15, 0.2) is 11.5 Å². The van der Waals surface area contributed by atoms with E-state index in [1.807, 2.05) is 53.1 Å². The number of benzene rings is 1. The summed E-state index contributed by atoms with van der Waals surface area (Å²) in [5.74, 6) is 1.44. The number of aromatic nitrogens is 5. The topological polar surface area (TPSA) is 82.5 Å². The van der Waals surface area contributed by atoms with Gasteiger partial charge in [0.05, 0.1) is 17.0 Å². The number of pyridine rings is 3. The molecule has 0 saturated carbocycles. The maximum atomic E-state index is 12.9. The Kier molecular flexibility index (Phi) is 5.25. The van der Waals surface area contributed by atoms with Crippen LogP contribution in [0.5, 0.6) is 0 Å². The lowest BCUT2D eigenvalue weighted by Gasteiger charge is -2.11. The van der Waals surface area contributed by atoms with Crippen LogP contribution in [0.2, 0.25) is 0 Å². The highest BCUT2D eigenvalue weighted by Crippen LogP contribution is 2.31. The van der Waals surface area contributed by atoms with Gasteiger partial charge in [0.2, 0.25) is 0 Å². The molecule has 0 spiro atoms. The number of anilines is 1. The first-order chi connectivity index (χ1) is 15.7. The third-order valence-electron chi connectivity index (χ3n) is 5.17. The van der Waals surface area contributed by atoms with Gasteiger partial charge >= 0.3 is 0 Å². The van der Waals surface area contributed by atoms with E-state index in [0.29, 0.717) is 51.2 Å². The summed E-state index contributed by atoms with van der Waals surface area (Å²) in [5.41, 5.74) is 11.9. The summed E-state index contributed by atoms with van der Waals surface area (Å²) in [6.07, 6.45) is 3.16. The molecular weight excluding hydrogens is 427 g/mol. The largest absolute Gasteiger partial charge is 0.383 e. The van der Waals surface area contributed by atoms with Crippen LogP contribution in [-0.4, -0.2) is 24.5 Å². The SMILES string of the molecule is Nc1ncccc1-c1nc2ccc(-c3ccc(CF)cn3)nc2n1-c1ccc(CCl)cc1. The van der Waals surface area contributed by atoms with E-state index in [-0.39, 0.29) is 0 Å². The Bertz CT molecular complexity index is 1400. The van der Waals surface area contributed by atoms with E-state index in [0.717, 1.165) is 11.3 Å². The second kappa shape index (κ2) is 8.36. The summed E-state index contributed by atoms with van der Waals surface area (Å²) in [4.78, 5) is 18.2. The predicted octanol–water partition coefficient (Wildman–Crippen LogP) is 5.34. The molecule has 0 aliphatic rings. The average Bonchev–Trinajstić information content (AvgIpc) is 3.23. The van der Waals surface area contributed by atoms with Crippen molar-refractivity contribution in [1.29, 1.82) is 0 Å². The lowest BCUT2D eigenvalue weighted by molar-refractivity contribution is 0.484. The van der Waals surface area contributed by atoms with Crippen LogP contribution < -0.4 is 5.73 Å². The molecule has 32 heavy (non-hydrogen) atoms. The van der Waals surface area contributed by atoms with Gasteiger partial charge in [0, 0.05) is 29.5 Å². The minimum absolute atomic E-state index is 0.380. The minimum atomic E-state index is -0.555. The van der Waals surface area contributed by atoms with Crippen molar-refractivity contribution in [2.24, 2.45) is 0 Å². The smallest absolute Gasteiger partial charge is 0.165 e. The van der Waals surface area contributed by atoms with Gasteiger partial charge < -0.3 is 5.73 Å². The Morgan fingerprint density at radius 3 is 2.34 bits per heavy atom. The van der Waals surface area contributed by atoms with Gasteiger partial charge in [-0.25, -0.2) is 19.3 Å². The second-order valence-corrected chi connectivity index (χ2v) is 7.50. The molecule has 0 aliphatic heterocycles. The first-order valence-corrected chi connectivity index (χ1v) is 10.5. The standard InChI is InChI=1S/C24H18ClFN6/c25-12-15-3-6-17(7-4-15)32-23(18-2-1-11-28-22(18)27)31-21-10-9-20(30-24(21)32)19-8-5-16(13-26)14-29-19/h1-11,14H,12-13H2,(H2,27,28). The third kappa shape index (κ3) is 3.56. The van der Waals surface area contributed by atoms with Gasteiger partial charge in [-0.05, 0) is 48.0 Å². The molecule has 0 saturated heterocycles. The zero-order valence-electron chi connectivity index (χ0n) is 16.9. The van der Waals surface area contributed by atoms with E-state index in [1.165, 1.54) is 6.20 Å². The van der Waals surface area contributed by atoms with Gasteiger partial charge in [-0.15, -0.1) is 11.6 Å². The van der Waals surface area contributed by atoms with Crippen LogP contribution in [0.1, 0.15) is 11.1 Å². The third-order valence-corrected chi connectivity index (χ3v) is 5.48. The van der Waals surface area contributed by atoms with Crippen molar-refractivity contribution in [1.82, 2.24) is 24.5 Å². The van der Waals surface area contributed by atoms with Gasteiger partial charge in [-0.2, -0.15) is 0 Å². The van der Waals surface area contributed by atoms with Gasteiger partial charge in [-0.1, -0.05) is 18.2 Å². The van der Waals surface area contributed by atoms with Crippen LogP contribution in [0.25, 0.3) is 39.6 Å². The fourth-order valence-corrected chi connectivity index (χ4v) is 3.70. The van der Waals surface area contributed by atoms with Gasteiger partial charge in [0.1, 0.15) is 18.0 Å². The van der Waals surface area contributed by atoms with Crippen molar-refractivity contribution in [2.45, 2.75) is 12.6 Å². The fourth-order valence-electron chi connectivity index (χ4n) is 3.52. The van der Waals surface area contributed by atoms with E-state index in [4.69, 9.17) is 27.3 Å². The average molecular weight is 445 g/mol. The van der Waals surface area contributed by atoms with Crippen LogP contribution in [0.15, 0.2) is 73.1 Å². The van der Waals surface area contributed by atoms with Crippen LogP contribution >= 0.6 is 11.6 Å². The number of nitrogen functional groups attached to an aromatic ring is 1. The van der Waals surface area contributed by atoms with Crippen molar-refractivity contribution < 1.29 is 4.39 Å². The second-order valence-electron chi connectivity index (χ2n) is 7.23. The zero-order chi connectivity index (χ0) is 22.1. The molecule has 4 aromatic heterocycles. The molecule has 6 nitrogen and oxygen atoms in total. The lowest BCUT2D eigenvalue weighted by Crippen LogP contribution is -2.02. The molecule has 2 N–H and O–H groups in total. The molecule has 1 aromatic carbocycles. The van der Waals surface area contributed by atoms with E-state index in [2.05, 4.69) is 9.97 Å². The monoisotopic (exact) mass is 444 g/mol. The normalized spacial score (nSPS) is 11.2. The summed E-state index contributed by atoms with van der Waals surface area (Å²) in [6.45, 7) is -0.555. The molecule has 0 aliphatic carbocycles.